The molecule has 94 valence electrons. The van der Waals surface area contributed by atoms with Crippen LogP contribution < -0.4 is 0 Å². The van der Waals surface area contributed by atoms with Gasteiger partial charge in [0.15, 0.2) is 0 Å². The lowest BCUT2D eigenvalue weighted by Crippen LogP contribution is -2.46. The lowest BCUT2D eigenvalue weighted by atomic mass is 9.90. The molecule has 0 saturated carbocycles. The Kier molecular flexibility index (Phi) is 5.26. The zero-order valence-electron chi connectivity index (χ0n) is 10.9. The number of rotatable bonds is 6. The van der Waals surface area contributed by atoms with E-state index in [1.54, 1.807) is 0 Å². The van der Waals surface area contributed by atoms with Crippen molar-refractivity contribution in [3.63, 3.8) is 0 Å². The molecule has 0 aromatic heterocycles. The van der Waals surface area contributed by atoms with Crippen molar-refractivity contribution in [2.75, 3.05) is 19.7 Å². The number of hydrogen-bond donors (Lipinski definition) is 0. The predicted molar refractivity (Wildman–Crippen MR) is 65.4 cm³/mol. The molecular weight excluding hydrogens is 202 g/mol. The fourth-order valence-electron chi connectivity index (χ4n) is 2.68. The van der Waals surface area contributed by atoms with Crippen molar-refractivity contribution in [2.24, 2.45) is 0 Å². The number of hydrogen-bond acceptors (Lipinski definition) is 3. The van der Waals surface area contributed by atoms with Crippen molar-refractivity contribution >= 4 is 5.97 Å². The van der Waals surface area contributed by atoms with Gasteiger partial charge in [-0.3, -0.25) is 9.69 Å². The maximum atomic E-state index is 11.6. The number of esters is 1. The third-order valence-electron chi connectivity index (χ3n) is 3.49. The second kappa shape index (κ2) is 6.24. The lowest BCUT2D eigenvalue weighted by Gasteiger charge is -2.38. The van der Waals surface area contributed by atoms with Crippen molar-refractivity contribution in [1.29, 1.82) is 0 Å². The number of nitrogens with zero attached hydrogens (tertiary/aromatic N) is 1. The Bertz CT molecular complexity index is 224. The van der Waals surface area contributed by atoms with Gasteiger partial charge in [0.2, 0.25) is 0 Å². The molecule has 0 spiro atoms. The van der Waals surface area contributed by atoms with Gasteiger partial charge in [-0.15, -0.1) is 0 Å². The van der Waals surface area contributed by atoms with Crippen LogP contribution in [0.1, 0.15) is 52.9 Å². The summed E-state index contributed by atoms with van der Waals surface area (Å²) in [6.45, 7) is 9.01. The molecular formula is C13H25NO2. The summed E-state index contributed by atoms with van der Waals surface area (Å²) in [6.07, 6.45) is 5.26. The van der Waals surface area contributed by atoms with E-state index in [-0.39, 0.29) is 11.5 Å². The smallest absolute Gasteiger partial charge is 0.307 e. The van der Waals surface area contributed by atoms with Crippen molar-refractivity contribution in [2.45, 2.75) is 58.4 Å². The molecule has 3 nitrogen and oxygen atoms in total. The van der Waals surface area contributed by atoms with E-state index < -0.39 is 0 Å². The van der Waals surface area contributed by atoms with Gasteiger partial charge >= 0.3 is 5.97 Å². The Morgan fingerprint density at radius 2 is 1.94 bits per heavy atom. The molecule has 16 heavy (non-hydrogen) atoms. The molecule has 1 heterocycles. The van der Waals surface area contributed by atoms with Crippen LogP contribution in [0.25, 0.3) is 0 Å². The summed E-state index contributed by atoms with van der Waals surface area (Å²) < 4.78 is 5.08. The standard InChI is InChI=1S/C13H25NO2/c1-4-8-13(3,11-12(15)16-5-2)14-9-6-7-10-14/h4-11H2,1-3H3. The van der Waals surface area contributed by atoms with Gasteiger partial charge in [-0.1, -0.05) is 13.3 Å². The minimum atomic E-state index is -0.0506. The van der Waals surface area contributed by atoms with E-state index in [1.165, 1.54) is 12.8 Å². The number of carbonyl (C=O) groups is 1. The van der Waals surface area contributed by atoms with Crippen LogP contribution in [0.15, 0.2) is 0 Å². The van der Waals surface area contributed by atoms with E-state index in [9.17, 15) is 4.79 Å². The van der Waals surface area contributed by atoms with Gasteiger partial charge < -0.3 is 4.74 Å². The largest absolute Gasteiger partial charge is 0.466 e. The van der Waals surface area contributed by atoms with Gasteiger partial charge in [0.05, 0.1) is 13.0 Å². The number of carbonyl (C=O) groups excluding carboxylic acids is 1. The van der Waals surface area contributed by atoms with Crippen molar-refractivity contribution in [3.05, 3.63) is 0 Å². The van der Waals surface area contributed by atoms with Crippen LogP contribution in [0, 0.1) is 0 Å². The second-order valence-corrected chi connectivity index (χ2v) is 4.92. The Morgan fingerprint density at radius 1 is 1.31 bits per heavy atom. The topological polar surface area (TPSA) is 29.5 Å². The van der Waals surface area contributed by atoms with E-state index in [0.717, 1.165) is 25.9 Å². The highest BCUT2D eigenvalue weighted by Gasteiger charge is 2.35. The first-order valence-electron chi connectivity index (χ1n) is 6.53. The quantitative estimate of drug-likeness (QED) is 0.653. The predicted octanol–water partition coefficient (Wildman–Crippen LogP) is 2.59. The molecule has 3 heteroatoms. The van der Waals surface area contributed by atoms with Crippen LogP contribution in [0.2, 0.25) is 0 Å². The summed E-state index contributed by atoms with van der Waals surface area (Å²) in [5, 5.41) is 0. The molecule has 1 unspecified atom stereocenters. The summed E-state index contributed by atoms with van der Waals surface area (Å²) in [7, 11) is 0. The molecule has 0 aromatic carbocycles. The first-order valence-corrected chi connectivity index (χ1v) is 6.53. The molecule has 1 fully saturated rings. The van der Waals surface area contributed by atoms with E-state index in [1.807, 2.05) is 6.92 Å². The molecule has 1 aliphatic heterocycles. The molecule has 1 saturated heterocycles. The molecule has 0 amide bonds. The van der Waals surface area contributed by atoms with Crippen LogP contribution in [-0.2, 0) is 9.53 Å². The SMILES string of the molecule is CCCC(C)(CC(=O)OCC)N1CCCC1. The monoisotopic (exact) mass is 227 g/mol. The Balaban J connectivity index is 2.59. The average molecular weight is 227 g/mol. The Labute approximate surface area is 99.1 Å². The second-order valence-electron chi connectivity index (χ2n) is 4.92. The molecule has 1 atom stereocenters. The van der Waals surface area contributed by atoms with Crippen molar-refractivity contribution < 1.29 is 9.53 Å². The average Bonchev–Trinajstić information content (AvgIpc) is 2.71. The van der Waals surface area contributed by atoms with Crippen LogP contribution in [0.5, 0.6) is 0 Å². The Morgan fingerprint density at radius 3 is 2.44 bits per heavy atom. The Hall–Kier alpha value is -0.570. The highest BCUT2D eigenvalue weighted by Crippen LogP contribution is 2.29. The molecule has 0 bridgehead atoms. The van der Waals surface area contributed by atoms with Gasteiger partial charge in [0.1, 0.15) is 0 Å². The fourth-order valence-corrected chi connectivity index (χ4v) is 2.68. The maximum absolute atomic E-state index is 11.6. The zero-order valence-corrected chi connectivity index (χ0v) is 10.9. The van der Waals surface area contributed by atoms with Gasteiger partial charge in [0.25, 0.3) is 0 Å². The maximum Gasteiger partial charge on any atom is 0.307 e. The van der Waals surface area contributed by atoms with E-state index in [0.29, 0.717) is 13.0 Å². The molecule has 0 aromatic rings. The summed E-state index contributed by atoms with van der Waals surface area (Å²) in [4.78, 5) is 14.1. The number of ether oxygens (including phenoxy) is 1. The van der Waals surface area contributed by atoms with Crippen LogP contribution in [-0.4, -0.2) is 36.1 Å². The van der Waals surface area contributed by atoms with E-state index in [2.05, 4.69) is 18.7 Å². The minimum absolute atomic E-state index is 0.0114. The first-order chi connectivity index (χ1) is 7.62. The highest BCUT2D eigenvalue weighted by atomic mass is 16.5. The third kappa shape index (κ3) is 3.48. The lowest BCUT2D eigenvalue weighted by molar-refractivity contribution is -0.146. The van der Waals surface area contributed by atoms with Crippen molar-refractivity contribution in [3.8, 4) is 0 Å². The van der Waals surface area contributed by atoms with Gasteiger partial charge in [-0.25, -0.2) is 0 Å². The molecule has 0 N–H and O–H groups in total. The molecule has 1 aliphatic rings. The zero-order chi connectivity index (χ0) is 12.0. The van der Waals surface area contributed by atoms with Gasteiger partial charge in [-0.2, -0.15) is 0 Å². The molecule has 0 radical (unpaired) electrons. The summed E-state index contributed by atoms with van der Waals surface area (Å²) in [5.74, 6) is -0.0506. The van der Waals surface area contributed by atoms with Crippen LogP contribution in [0.4, 0.5) is 0 Å². The van der Waals surface area contributed by atoms with E-state index >= 15 is 0 Å². The number of likely N-dealkylation sites (tertiary alicyclic amines) is 1. The minimum Gasteiger partial charge on any atom is -0.466 e. The third-order valence-corrected chi connectivity index (χ3v) is 3.49. The van der Waals surface area contributed by atoms with Gasteiger partial charge in [-0.05, 0) is 46.2 Å². The van der Waals surface area contributed by atoms with Crippen LogP contribution >= 0.6 is 0 Å². The molecule has 1 rings (SSSR count). The summed E-state index contributed by atoms with van der Waals surface area (Å²) in [6, 6.07) is 0. The molecule has 0 aliphatic carbocycles. The highest BCUT2D eigenvalue weighted by molar-refractivity contribution is 5.70. The van der Waals surface area contributed by atoms with Gasteiger partial charge in [0, 0.05) is 5.54 Å². The normalized spacial score (nSPS) is 20.7. The summed E-state index contributed by atoms with van der Waals surface area (Å²) >= 11 is 0. The first kappa shape index (κ1) is 13.5. The van der Waals surface area contributed by atoms with E-state index in [4.69, 9.17) is 4.74 Å². The summed E-state index contributed by atoms with van der Waals surface area (Å²) in [5.41, 5.74) is 0.0114. The van der Waals surface area contributed by atoms with Crippen LogP contribution in [0.3, 0.4) is 0 Å². The van der Waals surface area contributed by atoms with Crippen molar-refractivity contribution in [1.82, 2.24) is 4.90 Å². The fraction of sp³-hybridized carbons (Fsp3) is 0.923.